The summed E-state index contributed by atoms with van der Waals surface area (Å²) in [6.45, 7) is -0.0754. The van der Waals surface area contributed by atoms with Gasteiger partial charge in [-0.1, -0.05) is 43.5 Å². The minimum Gasteiger partial charge on any atom is -0.484 e. The van der Waals surface area contributed by atoms with Gasteiger partial charge in [0.2, 0.25) is 0 Å². The molecule has 0 spiro atoms. The molecule has 0 heterocycles. The minimum absolute atomic E-state index is 0.0754. The molecule has 0 aliphatic heterocycles. The Morgan fingerprint density at radius 1 is 1.10 bits per heavy atom. The van der Waals surface area contributed by atoms with E-state index in [0.717, 1.165) is 8.95 Å². The van der Waals surface area contributed by atoms with Gasteiger partial charge in [0, 0.05) is 8.95 Å². The van der Waals surface area contributed by atoms with Crippen LogP contribution >= 0.6 is 43.5 Å². The van der Waals surface area contributed by atoms with E-state index in [1.807, 2.05) is 12.1 Å². The zero-order valence-electron chi connectivity index (χ0n) is 10.2. The fourth-order valence-corrected chi connectivity index (χ4v) is 2.44. The van der Waals surface area contributed by atoms with Gasteiger partial charge >= 0.3 is 0 Å². The van der Waals surface area contributed by atoms with Crippen LogP contribution in [0, 0.1) is 0 Å². The highest BCUT2D eigenvalue weighted by atomic mass is 79.9. The predicted molar refractivity (Wildman–Crippen MR) is 87.4 cm³/mol. The molecule has 2 aromatic rings. The van der Waals surface area contributed by atoms with Crippen LogP contribution in [0.25, 0.3) is 0 Å². The molecule has 2 rings (SSSR count). The average Bonchev–Trinajstić information content (AvgIpc) is 2.41. The Kier molecular flexibility index (Phi) is 5.46. The molecular formula is C14H10Br2ClNO2. The fraction of sp³-hybridized carbons (Fsp3) is 0.0714. The van der Waals surface area contributed by atoms with Crippen molar-refractivity contribution in [1.82, 2.24) is 0 Å². The molecule has 20 heavy (non-hydrogen) atoms. The van der Waals surface area contributed by atoms with Gasteiger partial charge in [-0.25, -0.2) is 0 Å². The lowest BCUT2D eigenvalue weighted by molar-refractivity contribution is -0.118. The zero-order valence-corrected chi connectivity index (χ0v) is 14.1. The molecule has 0 atom stereocenters. The smallest absolute Gasteiger partial charge is 0.262 e. The molecule has 104 valence electrons. The molecule has 3 nitrogen and oxygen atoms in total. The molecule has 1 N–H and O–H groups in total. The van der Waals surface area contributed by atoms with Crippen molar-refractivity contribution in [3.8, 4) is 5.75 Å². The van der Waals surface area contributed by atoms with Crippen LogP contribution in [0.4, 0.5) is 5.69 Å². The lowest BCUT2D eigenvalue weighted by Crippen LogP contribution is -2.20. The highest BCUT2D eigenvalue weighted by Gasteiger charge is 2.07. The second-order valence-electron chi connectivity index (χ2n) is 3.91. The standard InChI is InChI=1S/C14H10Br2ClNO2/c15-9-1-4-11(5-2-9)20-8-14(19)18-13-6-3-10(16)7-12(13)17/h1-7H,8H2,(H,18,19). The summed E-state index contributed by atoms with van der Waals surface area (Å²) in [6, 6.07) is 12.5. The average molecular weight is 420 g/mol. The largest absolute Gasteiger partial charge is 0.484 e. The number of halogens is 3. The van der Waals surface area contributed by atoms with E-state index in [9.17, 15) is 4.79 Å². The van der Waals surface area contributed by atoms with Crippen LogP contribution in [0.15, 0.2) is 51.4 Å². The van der Waals surface area contributed by atoms with Gasteiger partial charge in [-0.15, -0.1) is 0 Å². The third-order valence-corrected chi connectivity index (χ3v) is 3.72. The summed E-state index contributed by atoms with van der Waals surface area (Å²) in [4.78, 5) is 11.8. The maximum Gasteiger partial charge on any atom is 0.262 e. The van der Waals surface area contributed by atoms with Crippen LogP contribution < -0.4 is 10.1 Å². The number of benzene rings is 2. The number of anilines is 1. The SMILES string of the molecule is O=C(COc1ccc(Br)cc1)Nc1ccc(Br)cc1Cl. The summed E-state index contributed by atoms with van der Waals surface area (Å²) in [6.07, 6.45) is 0. The van der Waals surface area contributed by atoms with Gasteiger partial charge in [-0.3, -0.25) is 4.79 Å². The van der Waals surface area contributed by atoms with Crippen LogP contribution in [-0.4, -0.2) is 12.5 Å². The van der Waals surface area contributed by atoms with Gasteiger partial charge in [-0.2, -0.15) is 0 Å². The van der Waals surface area contributed by atoms with Gasteiger partial charge < -0.3 is 10.1 Å². The second kappa shape index (κ2) is 7.11. The first-order valence-electron chi connectivity index (χ1n) is 5.68. The third-order valence-electron chi connectivity index (χ3n) is 2.39. The van der Waals surface area contributed by atoms with Crippen molar-refractivity contribution in [1.29, 1.82) is 0 Å². The van der Waals surface area contributed by atoms with Gasteiger partial charge in [0.25, 0.3) is 5.91 Å². The van der Waals surface area contributed by atoms with Crippen molar-refractivity contribution in [3.05, 3.63) is 56.4 Å². The Hall–Kier alpha value is -1.04. The van der Waals surface area contributed by atoms with Crippen LogP contribution in [0.1, 0.15) is 0 Å². The third kappa shape index (κ3) is 4.51. The molecule has 0 radical (unpaired) electrons. The van der Waals surface area contributed by atoms with Crippen LogP contribution in [0.5, 0.6) is 5.75 Å². The summed E-state index contributed by atoms with van der Waals surface area (Å²) in [5.74, 6) is 0.363. The summed E-state index contributed by atoms with van der Waals surface area (Å²) in [5, 5.41) is 3.16. The quantitative estimate of drug-likeness (QED) is 0.767. The van der Waals surface area contributed by atoms with E-state index < -0.39 is 0 Å². The molecule has 0 aromatic heterocycles. The first-order chi connectivity index (χ1) is 9.54. The molecule has 6 heteroatoms. The summed E-state index contributed by atoms with van der Waals surface area (Å²) in [5.41, 5.74) is 0.555. The number of ether oxygens (including phenoxy) is 1. The van der Waals surface area contributed by atoms with E-state index in [1.165, 1.54) is 0 Å². The minimum atomic E-state index is -0.267. The predicted octanol–water partition coefficient (Wildman–Crippen LogP) is 4.88. The number of hydrogen-bond donors (Lipinski definition) is 1. The van der Waals surface area contributed by atoms with Crippen LogP contribution in [0.2, 0.25) is 5.02 Å². The van der Waals surface area contributed by atoms with E-state index in [0.29, 0.717) is 16.5 Å². The molecule has 2 aromatic carbocycles. The molecule has 1 amide bonds. The summed E-state index contributed by atoms with van der Waals surface area (Å²) >= 11 is 12.7. The highest BCUT2D eigenvalue weighted by molar-refractivity contribution is 9.10. The lowest BCUT2D eigenvalue weighted by Gasteiger charge is -2.09. The molecule has 0 saturated carbocycles. The molecule has 0 saturated heterocycles. The van der Waals surface area contributed by atoms with E-state index >= 15 is 0 Å². The molecule has 0 aliphatic carbocycles. The second-order valence-corrected chi connectivity index (χ2v) is 6.15. The number of hydrogen-bond acceptors (Lipinski definition) is 2. The molecule has 0 bridgehead atoms. The number of amides is 1. The van der Waals surface area contributed by atoms with Gasteiger partial charge in [0.15, 0.2) is 6.61 Å². The van der Waals surface area contributed by atoms with Crippen molar-refractivity contribution in [2.24, 2.45) is 0 Å². The van der Waals surface area contributed by atoms with Crippen molar-refractivity contribution in [2.45, 2.75) is 0 Å². The van der Waals surface area contributed by atoms with E-state index in [-0.39, 0.29) is 12.5 Å². The highest BCUT2D eigenvalue weighted by Crippen LogP contribution is 2.25. The number of nitrogens with one attached hydrogen (secondary N) is 1. The summed E-state index contributed by atoms with van der Waals surface area (Å²) in [7, 11) is 0. The van der Waals surface area contributed by atoms with E-state index in [2.05, 4.69) is 37.2 Å². The maximum absolute atomic E-state index is 11.8. The monoisotopic (exact) mass is 417 g/mol. The van der Waals surface area contributed by atoms with Crippen molar-refractivity contribution in [3.63, 3.8) is 0 Å². The number of rotatable bonds is 4. The van der Waals surface area contributed by atoms with Crippen LogP contribution in [0.3, 0.4) is 0 Å². The van der Waals surface area contributed by atoms with E-state index in [4.69, 9.17) is 16.3 Å². The van der Waals surface area contributed by atoms with E-state index in [1.54, 1.807) is 30.3 Å². The van der Waals surface area contributed by atoms with Crippen molar-refractivity contribution < 1.29 is 9.53 Å². The fourth-order valence-electron chi connectivity index (χ4n) is 1.46. The summed E-state index contributed by atoms with van der Waals surface area (Å²) < 4.78 is 7.18. The normalized spacial score (nSPS) is 10.2. The first kappa shape index (κ1) is 15.4. The van der Waals surface area contributed by atoms with Crippen molar-refractivity contribution >= 4 is 55.1 Å². The van der Waals surface area contributed by atoms with Gasteiger partial charge in [0.1, 0.15) is 5.75 Å². The van der Waals surface area contributed by atoms with Gasteiger partial charge in [0.05, 0.1) is 10.7 Å². The van der Waals surface area contributed by atoms with Crippen molar-refractivity contribution in [2.75, 3.05) is 11.9 Å². The Bertz CT molecular complexity index is 617. The molecule has 0 fully saturated rings. The molecular weight excluding hydrogens is 409 g/mol. The Balaban J connectivity index is 1.90. The lowest BCUT2D eigenvalue weighted by atomic mass is 10.3. The topological polar surface area (TPSA) is 38.3 Å². The zero-order chi connectivity index (χ0) is 14.5. The van der Waals surface area contributed by atoms with Gasteiger partial charge in [-0.05, 0) is 42.5 Å². The maximum atomic E-state index is 11.8. The Morgan fingerprint density at radius 3 is 2.40 bits per heavy atom. The number of carbonyl (C=O) groups is 1. The Morgan fingerprint density at radius 2 is 1.75 bits per heavy atom. The molecule has 0 unspecified atom stereocenters. The van der Waals surface area contributed by atoms with Crippen LogP contribution in [-0.2, 0) is 4.79 Å². The molecule has 0 aliphatic rings. The number of carbonyl (C=O) groups excluding carboxylic acids is 1. The Labute approximate surface area is 138 Å². The first-order valence-corrected chi connectivity index (χ1v) is 7.64.